The molecule has 2 rings (SSSR count). The minimum Gasteiger partial charge on any atom is -0.478 e. The van der Waals surface area contributed by atoms with E-state index in [-0.39, 0.29) is 16.8 Å². The molecule has 0 aliphatic heterocycles. The summed E-state index contributed by atoms with van der Waals surface area (Å²) in [7, 11) is 0. The van der Waals surface area contributed by atoms with E-state index >= 15 is 0 Å². The zero-order valence-corrected chi connectivity index (χ0v) is 8.46. The minimum atomic E-state index is -1.13. The van der Waals surface area contributed by atoms with Crippen molar-refractivity contribution in [3.8, 4) is 11.8 Å². The molecule has 0 bridgehead atoms. The summed E-state index contributed by atoms with van der Waals surface area (Å²) in [5, 5.41) is 21.3. The Hall–Kier alpha value is -2.68. The van der Waals surface area contributed by atoms with E-state index < -0.39 is 11.8 Å². The van der Waals surface area contributed by atoms with E-state index in [2.05, 4.69) is 5.10 Å². The number of benzene rings is 1. The van der Waals surface area contributed by atoms with Crippen LogP contribution in [0, 0.1) is 17.1 Å². The van der Waals surface area contributed by atoms with E-state index in [1.54, 1.807) is 6.07 Å². The molecule has 0 unspecified atom stereocenters. The molecule has 2 aromatic rings. The SMILES string of the molecule is N#Cc1c(F)cccc1-n1cc(C(=O)O)cn1. The molecular weight excluding hydrogens is 225 g/mol. The Morgan fingerprint density at radius 2 is 2.29 bits per heavy atom. The molecule has 1 aromatic heterocycles. The van der Waals surface area contributed by atoms with Crippen LogP contribution >= 0.6 is 0 Å². The maximum atomic E-state index is 13.3. The fourth-order valence-electron chi connectivity index (χ4n) is 1.38. The molecule has 1 N–H and O–H groups in total. The third-order valence-corrected chi connectivity index (χ3v) is 2.18. The van der Waals surface area contributed by atoms with Gasteiger partial charge >= 0.3 is 5.97 Å². The Bertz CT molecular complexity index is 628. The monoisotopic (exact) mass is 231 g/mol. The van der Waals surface area contributed by atoms with Gasteiger partial charge in [0.05, 0.1) is 17.4 Å². The highest BCUT2D eigenvalue weighted by molar-refractivity contribution is 5.87. The largest absolute Gasteiger partial charge is 0.478 e. The van der Waals surface area contributed by atoms with Crippen LogP contribution in [-0.4, -0.2) is 20.9 Å². The van der Waals surface area contributed by atoms with Crippen LogP contribution in [-0.2, 0) is 0 Å². The predicted octanol–water partition coefficient (Wildman–Crippen LogP) is 1.58. The molecule has 0 saturated carbocycles. The average Bonchev–Trinajstić information content (AvgIpc) is 2.77. The van der Waals surface area contributed by atoms with Crippen molar-refractivity contribution in [3.05, 3.63) is 47.5 Å². The molecule has 84 valence electrons. The number of carboxylic acids is 1. The van der Waals surface area contributed by atoms with Crippen molar-refractivity contribution in [2.24, 2.45) is 0 Å². The van der Waals surface area contributed by atoms with Crippen molar-refractivity contribution in [2.45, 2.75) is 0 Å². The molecule has 6 heteroatoms. The van der Waals surface area contributed by atoms with E-state index in [9.17, 15) is 9.18 Å². The van der Waals surface area contributed by atoms with E-state index in [0.717, 1.165) is 16.9 Å². The van der Waals surface area contributed by atoms with Gasteiger partial charge in [-0.1, -0.05) is 6.07 Å². The first kappa shape index (κ1) is 10.8. The van der Waals surface area contributed by atoms with E-state index in [0.29, 0.717) is 0 Å². The Balaban J connectivity index is 2.57. The molecule has 0 aliphatic carbocycles. The second-order valence-electron chi connectivity index (χ2n) is 3.22. The lowest BCUT2D eigenvalue weighted by Crippen LogP contribution is -2.00. The van der Waals surface area contributed by atoms with Gasteiger partial charge in [-0.25, -0.2) is 13.9 Å². The van der Waals surface area contributed by atoms with Crippen molar-refractivity contribution in [2.75, 3.05) is 0 Å². The quantitative estimate of drug-likeness (QED) is 0.850. The molecule has 1 aromatic carbocycles. The Kier molecular flexibility index (Phi) is 2.58. The zero-order valence-electron chi connectivity index (χ0n) is 8.46. The highest BCUT2D eigenvalue weighted by Gasteiger charge is 2.12. The summed E-state index contributed by atoms with van der Waals surface area (Å²) in [4.78, 5) is 10.7. The number of halogens is 1. The first-order valence-electron chi connectivity index (χ1n) is 4.60. The fraction of sp³-hybridized carbons (Fsp3) is 0. The van der Waals surface area contributed by atoms with E-state index in [1.807, 2.05) is 0 Å². The van der Waals surface area contributed by atoms with Crippen molar-refractivity contribution in [3.63, 3.8) is 0 Å². The van der Waals surface area contributed by atoms with Gasteiger partial charge in [0, 0.05) is 6.20 Å². The number of nitriles is 1. The normalized spacial score (nSPS) is 9.88. The number of aromatic carboxylic acids is 1. The van der Waals surface area contributed by atoms with Gasteiger partial charge in [-0.15, -0.1) is 0 Å². The Morgan fingerprint density at radius 1 is 1.53 bits per heavy atom. The maximum absolute atomic E-state index is 13.3. The van der Waals surface area contributed by atoms with Crippen LogP contribution in [0.4, 0.5) is 4.39 Å². The van der Waals surface area contributed by atoms with Crippen LogP contribution in [0.25, 0.3) is 5.69 Å². The standard InChI is InChI=1S/C11H6FN3O2/c12-9-2-1-3-10(8(9)4-13)15-6-7(5-14-15)11(16)17/h1-3,5-6H,(H,16,17). The van der Waals surface area contributed by atoms with Crippen molar-refractivity contribution in [1.29, 1.82) is 5.26 Å². The van der Waals surface area contributed by atoms with Crippen molar-refractivity contribution >= 4 is 5.97 Å². The molecule has 0 aliphatic rings. The molecule has 0 amide bonds. The predicted molar refractivity (Wildman–Crippen MR) is 55.2 cm³/mol. The molecule has 0 saturated heterocycles. The van der Waals surface area contributed by atoms with Gasteiger partial charge in [-0.2, -0.15) is 10.4 Å². The lowest BCUT2D eigenvalue weighted by atomic mass is 10.2. The molecule has 0 fully saturated rings. The number of aromatic nitrogens is 2. The van der Waals surface area contributed by atoms with Crippen LogP contribution in [0.3, 0.4) is 0 Å². The summed E-state index contributed by atoms with van der Waals surface area (Å²) in [5.74, 6) is -1.80. The fourth-order valence-corrected chi connectivity index (χ4v) is 1.38. The van der Waals surface area contributed by atoms with E-state index in [1.165, 1.54) is 18.3 Å². The second-order valence-corrected chi connectivity index (χ2v) is 3.22. The number of hydrogen-bond acceptors (Lipinski definition) is 3. The molecule has 0 spiro atoms. The van der Waals surface area contributed by atoms with Crippen LogP contribution < -0.4 is 0 Å². The number of hydrogen-bond donors (Lipinski definition) is 1. The summed E-state index contributed by atoms with van der Waals surface area (Å²) in [6.07, 6.45) is 2.35. The van der Waals surface area contributed by atoms with Gasteiger partial charge < -0.3 is 5.11 Å². The summed E-state index contributed by atoms with van der Waals surface area (Å²) >= 11 is 0. The van der Waals surface area contributed by atoms with Crippen LogP contribution in [0.15, 0.2) is 30.6 Å². The first-order valence-corrected chi connectivity index (χ1v) is 4.60. The lowest BCUT2D eigenvalue weighted by molar-refractivity contribution is 0.0697. The number of nitrogens with zero attached hydrogens (tertiary/aromatic N) is 3. The third-order valence-electron chi connectivity index (χ3n) is 2.18. The van der Waals surface area contributed by atoms with Crippen molar-refractivity contribution in [1.82, 2.24) is 9.78 Å². The van der Waals surface area contributed by atoms with Gasteiger partial charge in [0.2, 0.25) is 0 Å². The van der Waals surface area contributed by atoms with Gasteiger partial charge in [0.15, 0.2) is 0 Å². The highest BCUT2D eigenvalue weighted by atomic mass is 19.1. The average molecular weight is 231 g/mol. The summed E-state index contributed by atoms with van der Waals surface area (Å²) in [5.41, 5.74) is 0.00527. The lowest BCUT2D eigenvalue weighted by Gasteiger charge is -2.03. The molecule has 0 atom stereocenters. The van der Waals surface area contributed by atoms with Crippen molar-refractivity contribution < 1.29 is 14.3 Å². The highest BCUT2D eigenvalue weighted by Crippen LogP contribution is 2.16. The Labute approximate surface area is 95.3 Å². The van der Waals surface area contributed by atoms with Gasteiger partial charge in [0.1, 0.15) is 17.4 Å². The zero-order chi connectivity index (χ0) is 12.4. The number of rotatable bonds is 2. The third kappa shape index (κ3) is 1.86. The molecular formula is C11H6FN3O2. The second kappa shape index (κ2) is 4.06. The number of carboxylic acid groups (broad SMARTS) is 1. The first-order chi connectivity index (χ1) is 8.13. The molecule has 1 heterocycles. The molecule has 5 nitrogen and oxygen atoms in total. The molecule has 0 radical (unpaired) electrons. The topological polar surface area (TPSA) is 78.9 Å². The van der Waals surface area contributed by atoms with Gasteiger partial charge in [-0.05, 0) is 12.1 Å². The van der Waals surface area contributed by atoms with Crippen LogP contribution in [0.1, 0.15) is 15.9 Å². The maximum Gasteiger partial charge on any atom is 0.338 e. The van der Waals surface area contributed by atoms with E-state index in [4.69, 9.17) is 10.4 Å². The van der Waals surface area contributed by atoms with Crippen LogP contribution in [0.2, 0.25) is 0 Å². The summed E-state index contributed by atoms with van der Waals surface area (Å²) in [6, 6.07) is 5.78. The van der Waals surface area contributed by atoms with Crippen LogP contribution in [0.5, 0.6) is 0 Å². The summed E-state index contributed by atoms with van der Waals surface area (Å²) in [6.45, 7) is 0. The smallest absolute Gasteiger partial charge is 0.338 e. The van der Waals surface area contributed by atoms with Gasteiger partial charge in [-0.3, -0.25) is 0 Å². The minimum absolute atomic E-state index is 0.0295. The van der Waals surface area contributed by atoms with Gasteiger partial charge in [0.25, 0.3) is 0 Å². The summed E-state index contributed by atoms with van der Waals surface area (Å²) < 4.78 is 14.5. The molecule has 17 heavy (non-hydrogen) atoms. The Morgan fingerprint density at radius 3 is 2.88 bits per heavy atom. The number of carbonyl (C=O) groups is 1.